The maximum absolute atomic E-state index is 13.2. The molecule has 0 aromatic heterocycles. The predicted molar refractivity (Wildman–Crippen MR) is 93.8 cm³/mol. The molecule has 8 heteroatoms. The van der Waals surface area contributed by atoms with Crippen LogP contribution in [0.25, 0.3) is 0 Å². The number of carbonyl (C=O) groups is 1. The third kappa shape index (κ3) is 3.80. The molecular weight excluding hydrogens is 383 g/mol. The topological polar surface area (TPSA) is 79.2 Å². The van der Waals surface area contributed by atoms with Crippen LogP contribution in [0, 0.1) is 0 Å². The molecule has 1 atom stereocenters. The Morgan fingerprint density at radius 3 is 2.57 bits per heavy atom. The van der Waals surface area contributed by atoms with Gasteiger partial charge in [0.2, 0.25) is 0 Å². The SMILES string of the molecule is CCO[P@]1(=O)C(CCO)=CN(c2ccc(Br)cc2)N=C1C(C)=O. The number of carbonyl (C=O) groups excluding carboxylic acids is 1. The minimum atomic E-state index is -3.52. The number of halogens is 1. The van der Waals surface area contributed by atoms with Crippen LogP contribution in [0.15, 0.2) is 45.4 Å². The highest BCUT2D eigenvalue weighted by Gasteiger charge is 2.41. The first-order valence-electron chi connectivity index (χ1n) is 7.14. The van der Waals surface area contributed by atoms with E-state index < -0.39 is 13.2 Å². The summed E-state index contributed by atoms with van der Waals surface area (Å²) in [5, 5.41) is 15.4. The van der Waals surface area contributed by atoms with Crippen LogP contribution in [-0.4, -0.2) is 29.6 Å². The molecule has 6 nitrogen and oxygen atoms in total. The average molecular weight is 401 g/mol. The number of aliphatic hydroxyl groups is 1. The fourth-order valence-electron chi connectivity index (χ4n) is 2.20. The maximum Gasteiger partial charge on any atom is 0.282 e. The van der Waals surface area contributed by atoms with Crippen molar-refractivity contribution in [3.05, 3.63) is 40.3 Å². The van der Waals surface area contributed by atoms with Gasteiger partial charge in [-0.1, -0.05) is 15.9 Å². The van der Waals surface area contributed by atoms with Crippen LogP contribution in [-0.2, 0) is 13.9 Å². The molecule has 1 N–H and O–H groups in total. The molecule has 1 heterocycles. The lowest BCUT2D eigenvalue weighted by Gasteiger charge is -2.29. The average Bonchev–Trinajstić information content (AvgIpc) is 2.50. The highest BCUT2D eigenvalue weighted by molar-refractivity contribution is 9.10. The number of ketones is 1. The summed E-state index contributed by atoms with van der Waals surface area (Å²) in [4.78, 5) is 12.0. The van der Waals surface area contributed by atoms with E-state index in [0.717, 1.165) is 4.47 Å². The van der Waals surface area contributed by atoms with Gasteiger partial charge in [-0.15, -0.1) is 0 Å². The Kier molecular flexibility index (Phi) is 5.92. The first-order chi connectivity index (χ1) is 10.9. The first-order valence-corrected chi connectivity index (χ1v) is 9.55. The smallest absolute Gasteiger partial charge is 0.282 e. The van der Waals surface area contributed by atoms with Crippen molar-refractivity contribution in [2.24, 2.45) is 5.10 Å². The number of hydrogen-bond acceptors (Lipinski definition) is 6. The van der Waals surface area contributed by atoms with Crippen molar-refractivity contribution in [2.75, 3.05) is 18.2 Å². The summed E-state index contributed by atoms with van der Waals surface area (Å²) in [5.41, 5.74) is 0.610. The van der Waals surface area contributed by atoms with Crippen LogP contribution < -0.4 is 5.01 Å². The van der Waals surface area contributed by atoms with E-state index >= 15 is 0 Å². The highest BCUT2D eigenvalue weighted by atomic mass is 79.9. The number of Topliss-reactive ketones (excluding diaryl/α,β-unsaturated/α-hetero) is 1. The zero-order valence-electron chi connectivity index (χ0n) is 12.9. The minimum absolute atomic E-state index is 0.104. The molecule has 0 bridgehead atoms. The van der Waals surface area contributed by atoms with Crippen LogP contribution >= 0.6 is 23.3 Å². The van der Waals surface area contributed by atoms with Crippen molar-refractivity contribution in [3.63, 3.8) is 0 Å². The number of hydrogen-bond donors (Lipinski definition) is 1. The van der Waals surface area contributed by atoms with E-state index in [4.69, 9.17) is 4.52 Å². The number of benzene rings is 1. The Morgan fingerprint density at radius 2 is 2.04 bits per heavy atom. The molecule has 0 saturated heterocycles. The Labute approximate surface area is 143 Å². The molecule has 1 aliphatic rings. The number of rotatable bonds is 6. The van der Waals surface area contributed by atoms with Gasteiger partial charge in [0.05, 0.1) is 12.3 Å². The normalized spacial score (nSPS) is 21.0. The second-order valence-corrected chi connectivity index (χ2v) is 8.14. The van der Waals surface area contributed by atoms with Crippen molar-refractivity contribution < 1.29 is 19.0 Å². The highest BCUT2D eigenvalue weighted by Crippen LogP contribution is 2.59. The zero-order valence-corrected chi connectivity index (χ0v) is 15.4. The molecule has 1 aromatic carbocycles. The third-order valence-electron chi connectivity index (χ3n) is 3.22. The van der Waals surface area contributed by atoms with E-state index in [0.29, 0.717) is 11.0 Å². The minimum Gasteiger partial charge on any atom is -0.396 e. The summed E-state index contributed by atoms with van der Waals surface area (Å²) in [6, 6.07) is 7.31. The summed E-state index contributed by atoms with van der Waals surface area (Å²) in [5.74, 6) is -0.410. The van der Waals surface area contributed by atoms with E-state index in [1.165, 1.54) is 11.9 Å². The molecule has 1 aromatic rings. The summed E-state index contributed by atoms with van der Waals surface area (Å²) in [7, 11) is -3.52. The Hall–Kier alpha value is -1.27. The van der Waals surface area contributed by atoms with Gasteiger partial charge in [0.25, 0.3) is 7.37 Å². The number of hydrazone groups is 1. The van der Waals surface area contributed by atoms with Crippen molar-refractivity contribution >= 4 is 40.2 Å². The van der Waals surface area contributed by atoms with Crippen LogP contribution in [0.4, 0.5) is 5.69 Å². The Balaban J connectivity index is 2.53. The molecule has 0 saturated carbocycles. The molecule has 0 aliphatic carbocycles. The van der Waals surface area contributed by atoms with Gasteiger partial charge in [-0.05, 0) is 31.2 Å². The fraction of sp³-hybridized carbons (Fsp3) is 0.333. The molecule has 0 fully saturated rings. The number of anilines is 1. The van der Waals surface area contributed by atoms with Gasteiger partial charge in [0.1, 0.15) is 0 Å². The number of nitrogens with zero attached hydrogens (tertiary/aromatic N) is 2. The van der Waals surface area contributed by atoms with Crippen LogP contribution in [0.5, 0.6) is 0 Å². The van der Waals surface area contributed by atoms with E-state index in [-0.39, 0.29) is 25.1 Å². The summed E-state index contributed by atoms with van der Waals surface area (Å²) >= 11 is 3.36. The standard InChI is InChI=1S/C15H18BrN2O4P/c1-3-22-23(21)14(8-9-19)10-18(17-15(23)11(2)20)13-6-4-12(16)5-7-13/h4-7,10,19H,3,8-9H2,1-2H3/t23-/m1/s1. The van der Waals surface area contributed by atoms with Gasteiger partial charge in [0, 0.05) is 35.9 Å². The molecular formula is C15H18BrN2O4P. The summed E-state index contributed by atoms with van der Waals surface area (Å²) in [6.45, 7) is 3.01. The van der Waals surface area contributed by atoms with Gasteiger partial charge in [-0.2, -0.15) is 5.10 Å². The second kappa shape index (κ2) is 7.53. The van der Waals surface area contributed by atoms with Crippen molar-refractivity contribution in [2.45, 2.75) is 20.3 Å². The Morgan fingerprint density at radius 1 is 1.39 bits per heavy atom. The predicted octanol–water partition coefficient (Wildman–Crippen LogP) is 3.71. The second-order valence-electron chi connectivity index (χ2n) is 4.86. The molecule has 2 rings (SSSR count). The first kappa shape index (κ1) is 18.1. The van der Waals surface area contributed by atoms with Gasteiger partial charge in [0.15, 0.2) is 11.2 Å². The van der Waals surface area contributed by atoms with Crippen molar-refractivity contribution in [1.82, 2.24) is 0 Å². The molecule has 0 spiro atoms. The molecule has 23 heavy (non-hydrogen) atoms. The summed E-state index contributed by atoms with van der Waals surface area (Å²) < 4.78 is 19.5. The molecule has 0 amide bonds. The lowest BCUT2D eigenvalue weighted by atomic mass is 10.3. The van der Waals surface area contributed by atoms with Crippen molar-refractivity contribution in [1.29, 1.82) is 0 Å². The van der Waals surface area contributed by atoms with E-state index in [1.54, 1.807) is 13.1 Å². The monoisotopic (exact) mass is 400 g/mol. The van der Waals surface area contributed by atoms with E-state index in [1.807, 2.05) is 24.3 Å². The van der Waals surface area contributed by atoms with E-state index in [2.05, 4.69) is 21.0 Å². The molecule has 0 unspecified atom stereocenters. The summed E-state index contributed by atoms with van der Waals surface area (Å²) in [6.07, 6.45) is 1.72. The lowest BCUT2D eigenvalue weighted by Crippen LogP contribution is -2.25. The number of aliphatic hydroxyl groups excluding tert-OH is 1. The Bertz CT molecular complexity index is 700. The van der Waals surface area contributed by atoms with Gasteiger partial charge < -0.3 is 9.63 Å². The lowest BCUT2D eigenvalue weighted by molar-refractivity contribution is -0.110. The van der Waals surface area contributed by atoms with Gasteiger partial charge in [-0.3, -0.25) is 9.36 Å². The van der Waals surface area contributed by atoms with Gasteiger partial charge in [-0.25, -0.2) is 5.01 Å². The molecule has 1 aliphatic heterocycles. The van der Waals surface area contributed by atoms with Crippen LogP contribution in [0.3, 0.4) is 0 Å². The van der Waals surface area contributed by atoms with Crippen molar-refractivity contribution in [3.8, 4) is 0 Å². The molecule has 124 valence electrons. The largest absolute Gasteiger partial charge is 0.396 e. The van der Waals surface area contributed by atoms with Gasteiger partial charge >= 0.3 is 0 Å². The fourth-order valence-corrected chi connectivity index (χ4v) is 4.67. The van der Waals surface area contributed by atoms with Crippen LogP contribution in [0.2, 0.25) is 0 Å². The maximum atomic E-state index is 13.2. The zero-order chi connectivity index (χ0) is 17.0. The van der Waals surface area contributed by atoms with Crippen LogP contribution in [0.1, 0.15) is 20.3 Å². The third-order valence-corrected chi connectivity index (χ3v) is 6.42. The molecule has 0 radical (unpaired) electrons. The van der Waals surface area contributed by atoms with E-state index in [9.17, 15) is 14.5 Å². The quantitative estimate of drug-likeness (QED) is 0.736.